The van der Waals surface area contributed by atoms with Crippen LogP contribution in [-0.2, 0) is 11.2 Å². The van der Waals surface area contributed by atoms with Crippen LogP contribution in [0.25, 0.3) is 0 Å². The van der Waals surface area contributed by atoms with Gasteiger partial charge in [0.2, 0.25) is 5.91 Å². The maximum atomic E-state index is 13.2. The molecule has 1 atom stereocenters. The number of benzene rings is 2. The number of halogens is 1. The smallest absolute Gasteiger partial charge is 0.224 e. The Bertz CT molecular complexity index is 988. The van der Waals surface area contributed by atoms with Gasteiger partial charge in [0, 0.05) is 17.1 Å². The summed E-state index contributed by atoms with van der Waals surface area (Å²) in [5.41, 5.74) is 3.06. The summed E-state index contributed by atoms with van der Waals surface area (Å²) in [6.45, 7) is 3.01. The first-order valence-electron chi connectivity index (χ1n) is 11.4. The number of pyridine rings is 1. The number of carbonyl (C=O) groups excluding carboxylic acids is 1. The van der Waals surface area contributed by atoms with Crippen molar-refractivity contribution in [2.24, 2.45) is 5.92 Å². The summed E-state index contributed by atoms with van der Waals surface area (Å²) >= 11 is 6.46. The normalized spacial score (nSPS) is 15.9. The minimum Gasteiger partial charge on any atom is -0.343 e. The van der Waals surface area contributed by atoms with E-state index < -0.39 is 0 Å². The largest absolute Gasteiger partial charge is 0.343 e. The molecule has 0 radical (unpaired) electrons. The number of nitrogens with zero attached hydrogens (tertiary/aromatic N) is 2. The molecule has 3 aromatic rings. The zero-order chi connectivity index (χ0) is 22.2. The van der Waals surface area contributed by atoms with Gasteiger partial charge in [0.05, 0.1) is 11.7 Å². The molecule has 2 heterocycles. The highest BCUT2D eigenvalue weighted by molar-refractivity contribution is 6.31. The molecular formula is C27H30ClN3O. The van der Waals surface area contributed by atoms with Gasteiger partial charge in [-0.15, -0.1) is 0 Å². The molecule has 1 aliphatic rings. The van der Waals surface area contributed by atoms with Crippen LogP contribution < -0.4 is 5.32 Å². The Balaban J connectivity index is 1.32. The molecule has 0 aliphatic carbocycles. The van der Waals surface area contributed by atoms with Crippen molar-refractivity contribution in [3.05, 3.63) is 101 Å². The van der Waals surface area contributed by atoms with Crippen LogP contribution in [0, 0.1) is 5.92 Å². The lowest BCUT2D eigenvalue weighted by Gasteiger charge is -2.32. The Labute approximate surface area is 195 Å². The van der Waals surface area contributed by atoms with Crippen LogP contribution >= 0.6 is 11.6 Å². The van der Waals surface area contributed by atoms with Crippen molar-refractivity contribution < 1.29 is 4.79 Å². The van der Waals surface area contributed by atoms with Gasteiger partial charge >= 0.3 is 0 Å². The molecule has 1 saturated heterocycles. The number of amides is 1. The molecule has 1 amide bonds. The van der Waals surface area contributed by atoms with Crippen LogP contribution in [0.2, 0.25) is 5.02 Å². The van der Waals surface area contributed by atoms with Crippen LogP contribution in [0.15, 0.2) is 79.0 Å². The van der Waals surface area contributed by atoms with E-state index in [1.165, 1.54) is 5.56 Å². The molecule has 1 N–H and O–H groups in total. The summed E-state index contributed by atoms with van der Waals surface area (Å²) in [5, 5.41) is 3.87. The second kappa shape index (κ2) is 11.3. The molecule has 1 fully saturated rings. The minimum absolute atomic E-state index is 0.0223. The Hall–Kier alpha value is -2.69. The van der Waals surface area contributed by atoms with Crippen molar-refractivity contribution in [1.82, 2.24) is 15.2 Å². The third-order valence-electron chi connectivity index (χ3n) is 6.23. The van der Waals surface area contributed by atoms with Gasteiger partial charge in [-0.1, -0.05) is 66.2 Å². The number of aromatic nitrogens is 1. The zero-order valence-corrected chi connectivity index (χ0v) is 19.0. The topological polar surface area (TPSA) is 45.2 Å². The van der Waals surface area contributed by atoms with Gasteiger partial charge in [-0.2, -0.15) is 0 Å². The summed E-state index contributed by atoms with van der Waals surface area (Å²) in [6.07, 6.45) is 5.77. The van der Waals surface area contributed by atoms with Crippen LogP contribution in [0.4, 0.5) is 0 Å². The molecular weight excluding hydrogens is 418 g/mol. The molecule has 2 aromatic carbocycles. The van der Waals surface area contributed by atoms with E-state index in [4.69, 9.17) is 11.6 Å². The van der Waals surface area contributed by atoms with Crippen LogP contribution in [-0.4, -0.2) is 35.4 Å². The molecule has 1 unspecified atom stereocenters. The first kappa shape index (κ1) is 22.5. The monoisotopic (exact) mass is 447 g/mol. The molecule has 0 bridgehead atoms. The summed E-state index contributed by atoms with van der Waals surface area (Å²) in [7, 11) is 0. The Morgan fingerprint density at radius 3 is 2.44 bits per heavy atom. The number of nitrogens with one attached hydrogen (secondary N) is 1. The van der Waals surface area contributed by atoms with Gasteiger partial charge in [0.1, 0.15) is 0 Å². The van der Waals surface area contributed by atoms with Crippen LogP contribution in [0.5, 0.6) is 0 Å². The molecule has 4 nitrogen and oxygen atoms in total. The number of piperidine rings is 1. The van der Waals surface area contributed by atoms with Crippen molar-refractivity contribution in [1.29, 1.82) is 0 Å². The molecule has 32 heavy (non-hydrogen) atoms. The number of carbonyl (C=O) groups is 1. The lowest BCUT2D eigenvalue weighted by Crippen LogP contribution is -2.42. The highest BCUT2D eigenvalue weighted by Crippen LogP contribution is 2.28. The second-order valence-electron chi connectivity index (χ2n) is 8.42. The summed E-state index contributed by atoms with van der Waals surface area (Å²) in [4.78, 5) is 20.1. The Morgan fingerprint density at radius 2 is 1.72 bits per heavy atom. The van der Waals surface area contributed by atoms with E-state index in [0.717, 1.165) is 56.6 Å². The number of aryl methyl sites for hydroxylation is 1. The van der Waals surface area contributed by atoms with E-state index in [2.05, 4.69) is 45.5 Å². The predicted molar refractivity (Wildman–Crippen MR) is 130 cm³/mol. The lowest BCUT2D eigenvalue weighted by atomic mass is 9.94. The predicted octanol–water partition coefficient (Wildman–Crippen LogP) is 5.29. The third-order valence-corrected chi connectivity index (χ3v) is 6.57. The van der Waals surface area contributed by atoms with Crippen molar-refractivity contribution in [2.75, 3.05) is 19.6 Å². The molecule has 166 valence electrons. The van der Waals surface area contributed by atoms with Gasteiger partial charge in [-0.05, 0) is 74.6 Å². The van der Waals surface area contributed by atoms with E-state index >= 15 is 0 Å². The first-order valence-corrected chi connectivity index (χ1v) is 11.8. The summed E-state index contributed by atoms with van der Waals surface area (Å²) < 4.78 is 0. The first-order chi connectivity index (χ1) is 15.7. The van der Waals surface area contributed by atoms with Crippen molar-refractivity contribution >= 4 is 17.5 Å². The van der Waals surface area contributed by atoms with Gasteiger partial charge in [0.25, 0.3) is 0 Å². The Kier molecular flexibility index (Phi) is 7.92. The van der Waals surface area contributed by atoms with Crippen molar-refractivity contribution in [3.63, 3.8) is 0 Å². The quantitative estimate of drug-likeness (QED) is 0.510. The van der Waals surface area contributed by atoms with E-state index in [-0.39, 0.29) is 17.9 Å². The molecule has 5 heteroatoms. The molecule has 1 aromatic heterocycles. The fourth-order valence-electron chi connectivity index (χ4n) is 4.40. The highest BCUT2D eigenvalue weighted by Gasteiger charge is 2.28. The average Bonchev–Trinajstić information content (AvgIpc) is 2.85. The van der Waals surface area contributed by atoms with E-state index in [9.17, 15) is 4.79 Å². The fraction of sp³-hybridized carbons (Fsp3) is 0.333. The van der Waals surface area contributed by atoms with Gasteiger partial charge < -0.3 is 10.2 Å². The summed E-state index contributed by atoms with van der Waals surface area (Å²) in [5.74, 6) is 0.110. The summed E-state index contributed by atoms with van der Waals surface area (Å²) in [6, 6.07) is 23.7. The zero-order valence-electron chi connectivity index (χ0n) is 18.3. The maximum Gasteiger partial charge on any atom is 0.224 e. The highest BCUT2D eigenvalue weighted by atomic mass is 35.5. The SMILES string of the molecule is O=C(NC(c1ccccn1)c1ccccc1Cl)C1CCN(CCCc2ccccc2)CC1. The van der Waals surface area contributed by atoms with E-state index in [1.54, 1.807) is 6.20 Å². The Morgan fingerprint density at radius 1 is 1.00 bits per heavy atom. The van der Waals surface area contributed by atoms with Gasteiger partial charge in [-0.25, -0.2) is 0 Å². The average molecular weight is 448 g/mol. The van der Waals surface area contributed by atoms with E-state index in [1.807, 2.05) is 42.5 Å². The van der Waals surface area contributed by atoms with Crippen molar-refractivity contribution in [3.8, 4) is 0 Å². The fourth-order valence-corrected chi connectivity index (χ4v) is 4.64. The molecule has 1 aliphatic heterocycles. The second-order valence-corrected chi connectivity index (χ2v) is 8.83. The maximum absolute atomic E-state index is 13.2. The van der Waals surface area contributed by atoms with Gasteiger partial charge in [0.15, 0.2) is 0 Å². The van der Waals surface area contributed by atoms with Crippen LogP contribution in [0.1, 0.15) is 42.1 Å². The van der Waals surface area contributed by atoms with Crippen LogP contribution in [0.3, 0.4) is 0 Å². The lowest BCUT2D eigenvalue weighted by molar-refractivity contribution is -0.127. The number of rotatable bonds is 8. The van der Waals surface area contributed by atoms with Gasteiger partial charge in [-0.3, -0.25) is 9.78 Å². The molecule has 4 rings (SSSR count). The third kappa shape index (κ3) is 5.96. The number of hydrogen-bond donors (Lipinski definition) is 1. The molecule has 0 spiro atoms. The number of hydrogen-bond acceptors (Lipinski definition) is 3. The van der Waals surface area contributed by atoms with Crippen molar-refractivity contribution in [2.45, 2.75) is 31.7 Å². The number of likely N-dealkylation sites (tertiary alicyclic amines) is 1. The standard InChI is InChI=1S/C27H30ClN3O/c28-24-13-5-4-12-23(24)26(25-14-6-7-17-29-25)30-27(32)22-15-19-31(20-16-22)18-8-11-21-9-2-1-3-10-21/h1-7,9-10,12-14,17,22,26H,8,11,15-16,18-20H2,(H,30,32). The minimum atomic E-state index is -0.346. The van der Waals surface area contributed by atoms with E-state index in [0.29, 0.717) is 5.02 Å². The molecule has 0 saturated carbocycles.